The predicted molar refractivity (Wildman–Crippen MR) is 114 cm³/mol. The highest BCUT2D eigenvalue weighted by Gasteiger charge is 2.11. The van der Waals surface area contributed by atoms with Gasteiger partial charge < -0.3 is 10.4 Å². The van der Waals surface area contributed by atoms with Crippen molar-refractivity contribution < 1.29 is 14.7 Å². The second-order valence-electron chi connectivity index (χ2n) is 6.35. The molecule has 0 aliphatic carbocycles. The molecule has 0 heterocycles. The number of carbonyl (C=O) groups is 2. The van der Waals surface area contributed by atoms with Gasteiger partial charge >= 0.3 is 0 Å². The second kappa shape index (κ2) is 9.32. The first kappa shape index (κ1) is 19.8. The van der Waals surface area contributed by atoms with Crippen LogP contribution < -0.4 is 10.7 Å². The molecule has 0 fully saturated rings. The Morgan fingerprint density at radius 3 is 2.62 bits per heavy atom. The number of nitrogens with zero attached hydrogens (tertiary/aromatic N) is 1. The van der Waals surface area contributed by atoms with Crippen LogP contribution >= 0.6 is 0 Å². The maximum Gasteiger partial charge on any atom is 0.259 e. The van der Waals surface area contributed by atoms with Gasteiger partial charge in [-0.1, -0.05) is 54.6 Å². The third-order valence-corrected chi connectivity index (χ3v) is 4.35. The van der Waals surface area contributed by atoms with Gasteiger partial charge in [0.2, 0.25) is 0 Å². The van der Waals surface area contributed by atoms with Crippen molar-refractivity contribution in [2.24, 2.45) is 5.10 Å². The van der Waals surface area contributed by atoms with E-state index >= 15 is 0 Å². The van der Waals surface area contributed by atoms with E-state index in [1.54, 1.807) is 36.4 Å². The lowest BCUT2D eigenvalue weighted by atomic mass is 10.0. The molecular formula is C23H21N3O3. The number of hydrazone groups is 1. The van der Waals surface area contributed by atoms with Crippen LogP contribution in [0.25, 0.3) is 10.8 Å². The number of hydrogen-bond donors (Lipinski definition) is 3. The molecule has 0 saturated carbocycles. The number of fused-ring (bicyclic) bond motifs is 1. The average molecular weight is 387 g/mol. The lowest BCUT2D eigenvalue weighted by molar-refractivity contribution is -0.120. The Hall–Kier alpha value is -3.93. The van der Waals surface area contributed by atoms with Crippen molar-refractivity contribution in [3.05, 3.63) is 90.0 Å². The molecule has 0 aromatic heterocycles. The third kappa shape index (κ3) is 4.87. The minimum absolute atomic E-state index is 0.0923. The molecule has 0 radical (unpaired) electrons. The topological polar surface area (TPSA) is 90.8 Å². The number of aromatic hydroxyl groups is 1. The van der Waals surface area contributed by atoms with E-state index in [1.807, 2.05) is 30.3 Å². The Morgan fingerprint density at radius 1 is 1.03 bits per heavy atom. The van der Waals surface area contributed by atoms with Crippen LogP contribution in [0.2, 0.25) is 0 Å². The van der Waals surface area contributed by atoms with Gasteiger partial charge in [-0.05, 0) is 34.9 Å². The SMILES string of the molecule is C=CCc1cccc(/C=N\NC(=O)CNC(=O)c2cccc3ccccc23)c1O. The van der Waals surface area contributed by atoms with Crippen LogP contribution in [0, 0.1) is 0 Å². The number of benzene rings is 3. The summed E-state index contributed by atoms with van der Waals surface area (Å²) in [5, 5.41) is 18.4. The maximum atomic E-state index is 12.4. The number of phenols is 1. The number of hydrogen-bond acceptors (Lipinski definition) is 4. The first-order chi connectivity index (χ1) is 14.1. The molecular weight excluding hydrogens is 366 g/mol. The fourth-order valence-electron chi connectivity index (χ4n) is 2.93. The molecule has 6 nitrogen and oxygen atoms in total. The van der Waals surface area contributed by atoms with Gasteiger partial charge in [0.1, 0.15) is 5.75 Å². The first-order valence-electron chi connectivity index (χ1n) is 9.09. The number of para-hydroxylation sites is 1. The van der Waals surface area contributed by atoms with Crippen molar-refractivity contribution in [1.82, 2.24) is 10.7 Å². The Labute approximate surface area is 168 Å². The Balaban J connectivity index is 1.57. The highest BCUT2D eigenvalue weighted by atomic mass is 16.3. The fraction of sp³-hybridized carbons (Fsp3) is 0.0870. The molecule has 0 saturated heterocycles. The van der Waals surface area contributed by atoms with Crippen LogP contribution in [0.15, 0.2) is 78.4 Å². The van der Waals surface area contributed by atoms with Crippen molar-refractivity contribution in [3.8, 4) is 5.75 Å². The van der Waals surface area contributed by atoms with Crippen molar-refractivity contribution in [2.75, 3.05) is 6.54 Å². The highest BCUT2D eigenvalue weighted by Crippen LogP contribution is 2.21. The zero-order valence-corrected chi connectivity index (χ0v) is 15.8. The van der Waals surface area contributed by atoms with E-state index < -0.39 is 5.91 Å². The van der Waals surface area contributed by atoms with Gasteiger partial charge in [-0.3, -0.25) is 9.59 Å². The van der Waals surface area contributed by atoms with Crippen LogP contribution in [0.5, 0.6) is 5.75 Å². The molecule has 0 aliphatic heterocycles. The van der Waals surface area contributed by atoms with Crippen LogP contribution in [-0.4, -0.2) is 29.7 Å². The van der Waals surface area contributed by atoms with Crippen molar-refractivity contribution in [3.63, 3.8) is 0 Å². The third-order valence-electron chi connectivity index (χ3n) is 4.35. The van der Waals surface area contributed by atoms with E-state index in [1.165, 1.54) is 6.21 Å². The lowest BCUT2D eigenvalue weighted by Gasteiger charge is -2.07. The molecule has 6 heteroatoms. The minimum atomic E-state index is -0.475. The van der Waals surface area contributed by atoms with Gasteiger partial charge in [0.15, 0.2) is 0 Å². The minimum Gasteiger partial charge on any atom is -0.507 e. The Kier molecular flexibility index (Phi) is 6.37. The number of allylic oxidation sites excluding steroid dienone is 1. The van der Waals surface area contributed by atoms with Crippen LogP contribution in [0.1, 0.15) is 21.5 Å². The van der Waals surface area contributed by atoms with Gasteiger partial charge in [0.25, 0.3) is 11.8 Å². The Morgan fingerprint density at radius 2 is 1.79 bits per heavy atom. The average Bonchev–Trinajstić information content (AvgIpc) is 2.74. The summed E-state index contributed by atoms with van der Waals surface area (Å²) in [5.74, 6) is -0.720. The molecule has 0 unspecified atom stereocenters. The molecule has 3 N–H and O–H groups in total. The molecule has 3 rings (SSSR count). The summed E-state index contributed by atoms with van der Waals surface area (Å²) < 4.78 is 0. The molecule has 0 spiro atoms. The van der Waals surface area contributed by atoms with Crippen molar-refractivity contribution in [2.45, 2.75) is 6.42 Å². The quantitative estimate of drug-likeness (QED) is 0.330. The summed E-state index contributed by atoms with van der Waals surface area (Å²) in [6, 6.07) is 18.2. The lowest BCUT2D eigenvalue weighted by Crippen LogP contribution is -2.35. The number of carbonyl (C=O) groups excluding carboxylic acids is 2. The molecule has 29 heavy (non-hydrogen) atoms. The highest BCUT2D eigenvalue weighted by molar-refractivity contribution is 6.07. The maximum absolute atomic E-state index is 12.4. The van der Waals surface area contributed by atoms with E-state index in [0.29, 0.717) is 17.5 Å². The largest absolute Gasteiger partial charge is 0.507 e. The summed E-state index contributed by atoms with van der Waals surface area (Å²) in [6.07, 6.45) is 3.57. The van der Waals surface area contributed by atoms with Crippen LogP contribution in [0.4, 0.5) is 0 Å². The number of phenolic OH excluding ortho intramolecular Hbond substituents is 1. The molecule has 3 aromatic rings. The smallest absolute Gasteiger partial charge is 0.259 e. The summed E-state index contributed by atoms with van der Waals surface area (Å²) in [5.41, 5.74) is 4.04. The second-order valence-corrected chi connectivity index (χ2v) is 6.35. The molecule has 2 amide bonds. The fourth-order valence-corrected chi connectivity index (χ4v) is 2.93. The van der Waals surface area contributed by atoms with E-state index in [-0.39, 0.29) is 18.2 Å². The van der Waals surface area contributed by atoms with Crippen LogP contribution in [-0.2, 0) is 11.2 Å². The first-order valence-corrected chi connectivity index (χ1v) is 9.09. The number of rotatable bonds is 7. The standard InChI is InChI=1S/C23H21N3O3/c1-2-7-17-10-5-11-18(22(17)28)14-25-26-21(27)15-24-23(29)20-13-6-9-16-8-3-4-12-19(16)20/h2-6,8-14,28H,1,7,15H2,(H,24,29)(H,26,27)/b25-14-. The summed E-state index contributed by atoms with van der Waals surface area (Å²) in [4.78, 5) is 24.4. The van der Waals surface area contributed by atoms with E-state index in [9.17, 15) is 14.7 Å². The van der Waals surface area contributed by atoms with E-state index in [4.69, 9.17) is 0 Å². The predicted octanol–water partition coefficient (Wildman–Crippen LogP) is 3.15. The molecule has 146 valence electrons. The summed E-state index contributed by atoms with van der Waals surface area (Å²) in [7, 11) is 0. The van der Waals surface area contributed by atoms with Gasteiger partial charge in [0.05, 0.1) is 12.8 Å². The number of amides is 2. The molecule has 0 bridgehead atoms. The van der Waals surface area contributed by atoms with Crippen LogP contribution in [0.3, 0.4) is 0 Å². The summed E-state index contributed by atoms with van der Waals surface area (Å²) >= 11 is 0. The monoisotopic (exact) mass is 387 g/mol. The van der Waals surface area contributed by atoms with Gasteiger partial charge in [-0.15, -0.1) is 6.58 Å². The Bertz CT molecular complexity index is 1080. The molecule has 0 atom stereocenters. The van der Waals surface area contributed by atoms with Gasteiger partial charge in [0, 0.05) is 11.1 Å². The van der Waals surface area contributed by atoms with Gasteiger partial charge in [-0.2, -0.15) is 5.10 Å². The van der Waals surface area contributed by atoms with E-state index in [2.05, 4.69) is 22.4 Å². The zero-order valence-electron chi connectivity index (χ0n) is 15.8. The normalized spacial score (nSPS) is 10.8. The van der Waals surface area contributed by atoms with Gasteiger partial charge in [-0.25, -0.2) is 5.43 Å². The number of nitrogens with one attached hydrogen (secondary N) is 2. The summed E-state index contributed by atoms with van der Waals surface area (Å²) in [6.45, 7) is 3.43. The zero-order chi connectivity index (χ0) is 20.6. The molecule has 3 aromatic carbocycles. The van der Waals surface area contributed by atoms with Crippen molar-refractivity contribution >= 4 is 28.8 Å². The molecule has 0 aliphatic rings. The van der Waals surface area contributed by atoms with Crippen molar-refractivity contribution in [1.29, 1.82) is 0 Å². The van der Waals surface area contributed by atoms with E-state index in [0.717, 1.165) is 16.3 Å².